The topological polar surface area (TPSA) is 59.2 Å². The minimum absolute atomic E-state index is 0.200. The van der Waals surface area contributed by atoms with Gasteiger partial charge in [-0.05, 0) is 30.7 Å². The number of likely N-dealkylation sites (tertiary alicyclic amines) is 1. The van der Waals surface area contributed by atoms with Gasteiger partial charge in [0.25, 0.3) is 0 Å². The lowest BCUT2D eigenvalue weighted by Gasteiger charge is -2.31. The highest BCUT2D eigenvalue weighted by Gasteiger charge is 2.28. The van der Waals surface area contributed by atoms with E-state index in [0.29, 0.717) is 18.9 Å². The van der Waals surface area contributed by atoms with Crippen molar-refractivity contribution < 1.29 is 9.32 Å². The number of aryl methyl sites for hydroxylation is 1. The molecule has 1 fully saturated rings. The third-order valence-corrected chi connectivity index (χ3v) is 5.19. The van der Waals surface area contributed by atoms with E-state index in [2.05, 4.69) is 21.6 Å². The van der Waals surface area contributed by atoms with Gasteiger partial charge in [0.2, 0.25) is 11.8 Å². The highest BCUT2D eigenvalue weighted by atomic mass is 32.1. The van der Waals surface area contributed by atoms with E-state index in [1.54, 1.807) is 11.3 Å². The molecule has 0 radical (unpaired) electrons. The molecule has 0 unspecified atom stereocenters. The van der Waals surface area contributed by atoms with Crippen LogP contribution >= 0.6 is 11.3 Å². The summed E-state index contributed by atoms with van der Waals surface area (Å²) in [4.78, 5) is 20.2. The minimum atomic E-state index is 0.200. The first-order valence-corrected chi connectivity index (χ1v) is 9.15. The van der Waals surface area contributed by atoms with E-state index < -0.39 is 0 Å². The van der Waals surface area contributed by atoms with E-state index in [1.165, 1.54) is 4.88 Å². The largest absolute Gasteiger partial charge is 0.342 e. The maximum atomic E-state index is 12.4. The van der Waals surface area contributed by atoms with Crippen molar-refractivity contribution in [2.45, 2.75) is 51.4 Å². The fourth-order valence-electron chi connectivity index (χ4n) is 2.91. The normalized spacial score (nSPS) is 18.6. The van der Waals surface area contributed by atoms with Crippen LogP contribution in [0.2, 0.25) is 0 Å². The molecule has 2 aromatic heterocycles. The molecule has 1 aliphatic heterocycles. The van der Waals surface area contributed by atoms with Gasteiger partial charge >= 0.3 is 0 Å². The molecule has 2 aromatic rings. The Morgan fingerprint density at radius 1 is 1.52 bits per heavy atom. The van der Waals surface area contributed by atoms with Gasteiger partial charge in [-0.3, -0.25) is 4.79 Å². The number of piperidine rings is 1. The number of amides is 1. The third-order valence-electron chi connectivity index (χ3n) is 4.26. The van der Waals surface area contributed by atoms with Gasteiger partial charge in [-0.25, -0.2) is 0 Å². The van der Waals surface area contributed by atoms with E-state index >= 15 is 0 Å². The van der Waals surface area contributed by atoms with Crippen molar-refractivity contribution in [2.24, 2.45) is 0 Å². The van der Waals surface area contributed by atoms with Crippen LogP contribution in [0.15, 0.2) is 22.0 Å². The lowest BCUT2D eigenvalue weighted by Crippen LogP contribution is -2.39. The predicted octanol–water partition coefficient (Wildman–Crippen LogP) is 3.59. The minimum Gasteiger partial charge on any atom is -0.342 e. The van der Waals surface area contributed by atoms with Crippen LogP contribution in [0.4, 0.5) is 0 Å². The molecule has 23 heavy (non-hydrogen) atoms. The molecule has 3 rings (SSSR count). The molecule has 0 N–H and O–H groups in total. The summed E-state index contributed by atoms with van der Waals surface area (Å²) in [5, 5.41) is 6.17. The van der Waals surface area contributed by atoms with Gasteiger partial charge in [0.15, 0.2) is 5.82 Å². The summed E-state index contributed by atoms with van der Waals surface area (Å²) < 4.78 is 5.31. The maximum absolute atomic E-state index is 12.4. The predicted molar refractivity (Wildman–Crippen MR) is 89.6 cm³/mol. The molecule has 6 heteroatoms. The Hall–Kier alpha value is -1.69. The first kappa shape index (κ1) is 16.2. The van der Waals surface area contributed by atoms with Gasteiger partial charge in [-0.1, -0.05) is 25.1 Å². The zero-order chi connectivity index (χ0) is 16.2. The molecular formula is C17H23N3O2S. The molecule has 124 valence electrons. The summed E-state index contributed by atoms with van der Waals surface area (Å²) in [6.45, 7) is 5.63. The zero-order valence-electron chi connectivity index (χ0n) is 13.7. The number of aromatic nitrogens is 2. The lowest BCUT2D eigenvalue weighted by atomic mass is 9.97. The first-order valence-electron chi connectivity index (χ1n) is 8.27. The molecule has 0 bridgehead atoms. The zero-order valence-corrected chi connectivity index (χ0v) is 14.5. The van der Waals surface area contributed by atoms with E-state index in [0.717, 1.165) is 31.6 Å². The highest BCUT2D eigenvalue weighted by molar-refractivity contribution is 7.09. The van der Waals surface area contributed by atoms with Crippen LogP contribution in [-0.4, -0.2) is 34.0 Å². The van der Waals surface area contributed by atoms with Crippen LogP contribution in [0.3, 0.4) is 0 Å². The maximum Gasteiger partial charge on any atom is 0.229 e. The average molecular weight is 333 g/mol. The molecule has 1 amide bonds. The van der Waals surface area contributed by atoms with Crippen LogP contribution in [0, 0.1) is 0 Å². The molecule has 1 atom stereocenters. The Balaban J connectivity index is 1.57. The number of thiophene rings is 1. The fourth-order valence-corrected chi connectivity index (χ4v) is 3.61. The van der Waals surface area contributed by atoms with E-state index in [-0.39, 0.29) is 17.7 Å². The SMILES string of the molecule is CC(C)c1nc([C@H]2CCCN(C(=O)CCc3cccs3)C2)no1. The standard InChI is InChI=1S/C17H23N3O2S/c1-12(2)17-18-16(19-22-17)13-5-3-9-20(11-13)15(21)8-7-14-6-4-10-23-14/h4,6,10,12-13H,3,5,7-9,11H2,1-2H3/t13-/m0/s1. The average Bonchev–Trinajstić information content (AvgIpc) is 3.24. The van der Waals surface area contributed by atoms with Crippen molar-refractivity contribution in [3.05, 3.63) is 34.1 Å². The Morgan fingerprint density at radius 2 is 2.39 bits per heavy atom. The van der Waals surface area contributed by atoms with E-state index in [4.69, 9.17) is 4.52 Å². The highest BCUT2D eigenvalue weighted by Crippen LogP contribution is 2.26. The number of hydrogen-bond donors (Lipinski definition) is 0. The molecule has 5 nitrogen and oxygen atoms in total. The van der Waals surface area contributed by atoms with Gasteiger partial charge in [-0.2, -0.15) is 4.98 Å². The Morgan fingerprint density at radius 3 is 3.09 bits per heavy atom. The molecule has 1 aliphatic rings. The van der Waals surface area contributed by atoms with Crippen LogP contribution < -0.4 is 0 Å². The first-order chi connectivity index (χ1) is 11.1. The van der Waals surface area contributed by atoms with Crippen LogP contribution in [0.5, 0.6) is 0 Å². The molecule has 0 aliphatic carbocycles. The Bertz CT molecular complexity index is 636. The van der Waals surface area contributed by atoms with E-state index in [9.17, 15) is 4.79 Å². The van der Waals surface area contributed by atoms with E-state index in [1.807, 2.05) is 24.8 Å². The molecule has 0 aromatic carbocycles. The summed E-state index contributed by atoms with van der Waals surface area (Å²) in [6.07, 6.45) is 3.43. The molecule has 0 spiro atoms. The van der Waals surface area contributed by atoms with Crippen molar-refractivity contribution in [3.63, 3.8) is 0 Å². The monoisotopic (exact) mass is 333 g/mol. The second-order valence-electron chi connectivity index (χ2n) is 6.40. The lowest BCUT2D eigenvalue weighted by molar-refractivity contribution is -0.132. The Kier molecular flexibility index (Phi) is 5.10. The van der Waals surface area contributed by atoms with Crippen molar-refractivity contribution in [1.82, 2.24) is 15.0 Å². The van der Waals surface area contributed by atoms with Crippen LogP contribution in [0.1, 0.15) is 61.5 Å². The molecule has 3 heterocycles. The van der Waals surface area contributed by atoms with Crippen LogP contribution in [-0.2, 0) is 11.2 Å². The van der Waals surface area contributed by atoms with Gasteiger partial charge in [-0.15, -0.1) is 11.3 Å². The molecule has 0 saturated carbocycles. The second-order valence-corrected chi connectivity index (χ2v) is 7.44. The number of nitrogens with zero attached hydrogens (tertiary/aromatic N) is 3. The van der Waals surface area contributed by atoms with Gasteiger partial charge in [0.1, 0.15) is 0 Å². The Labute approximate surface area is 140 Å². The van der Waals surface area contributed by atoms with Crippen molar-refractivity contribution in [3.8, 4) is 0 Å². The third kappa shape index (κ3) is 3.99. The molecule has 1 saturated heterocycles. The summed E-state index contributed by atoms with van der Waals surface area (Å²) in [5.41, 5.74) is 0. The van der Waals surface area contributed by atoms with Crippen molar-refractivity contribution in [1.29, 1.82) is 0 Å². The summed E-state index contributed by atoms with van der Waals surface area (Å²) >= 11 is 1.71. The summed E-state index contributed by atoms with van der Waals surface area (Å²) in [6, 6.07) is 4.12. The van der Waals surface area contributed by atoms with Crippen molar-refractivity contribution in [2.75, 3.05) is 13.1 Å². The number of hydrogen-bond acceptors (Lipinski definition) is 5. The van der Waals surface area contributed by atoms with Gasteiger partial charge in [0, 0.05) is 36.2 Å². The summed E-state index contributed by atoms with van der Waals surface area (Å²) in [5.74, 6) is 2.11. The second kappa shape index (κ2) is 7.25. The fraction of sp³-hybridized carbons (Fsp3) is 0.588. The number of rotatable bonds is 5. The number of carbonyl (C=O) groups is 1. The smallest absolute Gasteiger partial charge is 0.229 e. The summed E-state index contributed by atoms with van der Waals surface area (Å²) in [7, 11) is 0. The number of carbonyl (C=O) groups excluding carboxylic acids is 1. The van der Waals surface area contributed by atoms with Crippen molar-refractivity contribution >= 4 is 17.2 Å². The van der Waals surface area contributed by atoms with Gasteiger partial charge < -0.3 is 9.42 Å². The van der Waals surface area contributed by atoms with Gasteiger partial charge in [0.05, 0.1) is 0 Å². The molecular weight excluding hydrogens is 310 g/mol. The van der Waals surface area contributed by atoms with Crippen LogP contribution in [0.25, 0.3) is 0 Å². The quantitative estimate of drug-likeness (QED) is 0.839.